The molecule has 0 heterocycles. The number of rotatable bonds is 6. The number of halogens is 3. The molecule has 0 aromatic carbocycles. The van der Waals surface area contributed by atoms with Gasteiger partial charge in [-0.15, -0.1) is 0 Å². The number of hydrogen-bond donors (Lipinski definition) is 2. The Hall–Kier alpha value is -1.31. The van der Waals surface area contributed by atoms with E-state index in [1.165, 1.54) is 0 Å². The normalized spacial score (nSPS) is 11.2. The van der Waals surface area contributed by atoms with Gasteiger partial charge in [0.1, 0.15) is 0 Å². The van der Waals surface area contributed by atoms with Gasteiger partial charge in [-0.2, -0.15) is 13.2 Å². The second-order valence-electron chi connectivity index (χ2n) is 3.01. The Morgan fingerprint density at radius 2 is 1.75 bits per heavy atom. The molecular formula is C8H12F3NO4. The molecule has 0 saturated carbocycles. The molecule has 94 valence electrons. The molecule has 0 unspecified atom stereocenters. The lowest BCUT2D eigenvalue weighted by Crippen LogP contribution is -2.43. The molecule has 0 bridgehead atoms. The molecule has 0 aromatic heterocycles. The highest BCUT2D eigenvalue weighted by Crippen LogP contribution is 2.18. The lowest BCUT2D eigenvalue weighted by Gasteiger charge is -2.22. The number of carbonyl (C=O) groups excluding carboxylic acids is 1. The average Bonchev–Trinajstić information content (AvgIpc) is 2.13. The molecule has 0 atom stereocenters. The molecule has 0 aliphatic carbocycles. The summed E-state index contributed by atoms with van der Waals surface area (Å²) in [6.45, 7) is -1.40. The molecule has 8 heteroatoms. The summed E-state index contributed by atoms with van der Waals surface area (Å²) in [6.07, 6.45) is -5.41. The summed E-state index contributed by atoms with van der Waals surface area (Å²) in [5.74, 6) is -3.21. The summed E-state index contributed by atoms with van der Waals surface area (Å²) < 4.78 is 36.1. The van der Waals surface area contributed by atoms with Gasteiger partial charge in [0, 0.05) is 19.5 Å². The van der Waals surface area contributed by atoms with Crippen LogP contribution in [0.2, 0.25) is 0 Å². The average molecular weight is 243 g/mol. The predicted octanol–water partition coefficient (Wildman–Crippen LogP) is 0.234. The van der Waals surface area contributed by atoms with Crippen LogP contribution in [0.5, 0.6) is 0 Å². The third-order valence-electron chi connectivity index (χ3n) is 1.72. The minimum absolute atomic E-state index is 0.0862. The van der Waals surface area contributed by atoms with Crippen molar-refractivity contribution in [3.63, 3.8) is 0 Å². The summed E-state index contributed by atoms with van der Waals surface area (Å²) in [6, 6.07) is 0. The Morgan fingerprint density at radius 3 is 2.12 bits per heavy atom. The lowest BCUT2D eigenvalue weighted by molar-refractivity contribution is -0.186. The van der Waals surface area contributed by atoms with E-state index in [1.807, 2.05) is 0 Å². The Labute approximate surface area is 89.5 Å². The third-order valence-corrected chi connectivity index (χ3v) is 1.72. The van der Waals surface area contributed by atoms with E-state index in [2.05, 4.69) is 0 Å². The van der Waals surface area contributed by atoms with Crippen LogP contribution >= 0.6 is 0 Å². The Kier molecular flexibility index (Phi) is 5.79. The highest BCUT2D eigenvalue weighted by atomic mass is 19.4. The van der Waals surface area contributed by atoms with E-state index in [4.69, 9.17) is 10.2 Å². The molecule has 2 N–H and O–H groups in total. The fraction of sp³-hybridized carbons (Fsp3) is 0.750. The van der Waals surface area contributed by atoms with E-state index in [1.54, 1.807) is 0 Å². The van der Waals surface area contributed by atoms with E-state index in [0.29, 0.717) is 4.90 Å². The number of aliphatic hydroxyl groups is 1. The van der Waals surface area contributed by atoms with Gasteiger partial charge in [0.05, 0.1) is 6.61 Å². The minimum Gasteiger partial charge on any atom is -0.481 e. The van der Waals surface area contributed by atoms with Crippen molar-refractivity contribution in [1.82, 2.24) is 4.90 Å². The SMILES string of the molecule is O=C(O)CCCN(CCO)C(=O)C(F)(F)F. The van der Waals surface area contributed by atoms with Crippen LogP contribution in [-0.4, -0.2) is 52.9 Å². The van der Waals surface area contributed by atoms with Crippen molar-refractivity contribution in [2.45, 2.75) is 19.0 Å². The van der Waals surface area contributed by atoms with Crippen molar-refractivity contribution in [2.75, 3.05) is 19.7 Å². The van der Waals surface area contributed by atoms with E-state index in [9.17, 15) is 22.8 Å². The highest BCUT2D eigenvalue weighted by Gasteiger charge is 2.42. The fourth-order valence-corrected chi connectivity index (χ4v) is 1.04. The topological polar surface area (TPSA) is 77.8 Å². The largest absolute Gasteiger partial charge is 0.481 e. The number of carboxylic acid groups (broad SMARTS) is 1. The molecule has 0 rings (SSSR count). The number of amides is 1. The molecule has 0 radical (unpaired) electrons. The van der Waals surface area contributed by atoms with Gasteiger partial charge in [0.15, 0.2) is 0 Å². The molecule has 0 saturated heterocycles. The second kappa shape index (κ2) is 6.31. The third kappa shape index (κ3) is 5.54. The predicted molar refractivity (Wildman–Crippen MR) is 46.6 cm³/mol. The summed E-state index contributed by atoms with van der Waals surface area (Å²) in [7, 11) is 0. The number of aliphatic carboxylic acids is 1. The molecular weight excluding hydrogens is 231 g/mol. The van der Waals surface area contributed by atoms with Gasteiger partial charge in [0.2, 0.25) is 0 Å². The van der Waals surface area contributed by atoms with E-state index in [0.717, 1.165) is 0 Å². The number of hydrogen-bond acceptors (Lipinski definition) is 3. The van der Waals surface area contributed by atoms with Crippen molar-refractivity contribution in [1.29, 1.82) is 0 Å². The monoisotopic (exact) mass is 243 g/mol. The molecule has 0 aromatic rings. The maximum absolute atomic E-state index is 12.0. The van der Waals surface area contributed by atoms with E-state index < -0.39 is 31.2 Å². The highest BCUT2D eigenvalue weighted by molar-refractivity contribution is 5.81. The van der Waals surface area contributed by atoms with Crippen LogP contribution in [0.4, 0.5) is 13.2 Å². The zero-order valence-electron chi connectivity index (χ0n) is 8.33. The van der Waals surface area contributed by atoms with Gasteiger partial charge < -0.3 is 15.1 Å². The first-order valence-electron chi connectivity index (χ1n) is 4.47. The van der Waals surface area contributed by atoms with Crippen molar-refractivity contribution in [2.24, 2.45) is 0 Å². The van der Waals surface area contributed by atoms with Crippen LogP contribution in [0.3, 0.4) is 0 Å². The minimum atomic E-state index is -5.00. The van der Waals surface area contributed by atoms with Crippen molar-refractivity contribution < 1.29 is 33.0 Å². The van der Waals surface area contributed by atoms with Crippen LogP contribution in [0.15, 0.2) is 0 Å². The molecule has 0 aliphatic heterocycles. The van der Waals surface area contributed by atoms with Crippen molar-refractivity contribution in [3.8, 4) is 0 Å². The molecule has 0 aliphatic rings. The smallest absolute Gasteiger partial charge is 0.471 e. The number of carboxylic acids is 1. The van der Waals surface area contributed by atoms with Crippen molar-refractivity contribution >= 4 is 11.9 Å². The fourth-order valence-electron chi connectivity index (χ4n) is 1.04. The standard InChI is InChI=1S/C8H12F3NO4/c9-8(10,11)7(16)12(4-5-13)3-1-2-6(14)15/h13H,1-5H2,(H,14,15). The zero-order chi connectivity index (χ0) is 12.8. The Balaban J connectivity index is 4.27. The van der Waals surface area contributed by atoms with Gasteiger partial charge in [-0.05, 0) is 6.42 Å². The first-order valence-corrected chi connectivity index (χ1v) is 4.47. The summed E-state index contributed by atoms with van der Waals surface area (Å²) in [5.41, 5.74) is 0. The molecule has 5 nitrogen and oxygen atoms in total. The number of carbonyl (C=O) groups is 2. The van der Waals surface area contributed by atoms with Crippen LogP contribution in [0.1, 0.15) is 12.8 Å². The zero-order valence-corrected chi connectivity index (χ0v) is 8.33. The quantitative estimate of drug-likeness (QED) is 0.700. The van der Waals surface area contributed by atoms with Crippen LogP contribution in [0.25, 0.3) is 0 Å². The first kappa shape index (κ1) is 14.7. The first-order chi connectivity index (χ1) is 7.29. The maximum atomic E-state index is 12.0. The number of aliphatic hydroxyl groups excluding tert-OH is 1. The summed E-state index contributed by atoms with van der Waals surface area (Å²) >= 11 is 0. The molecule has 16 heavy (non-hydrogen) atoms. The Bertz CT molecular complexity index is 254. The van der Waals surface area contributed by atoms with Gasteiger partial charge in [-0.1, -0.05) is 0 Å². The molecule has 0 fully saturated rings. The van der Waals surface area contributed by atoms with Gasteiger partial charge in [-0.25, -0.2) is 0 Å². The molecule has 1 amide bonds. The second-order valence-corrected chi connectivity index (χ2v) is 3.01. The Morgan fingerprint density at radius 1 is 1.19 bits per heavy atom. The van der Waals surface area contributed by atoms with Crippen LogP contribution in [0, 0.1) is 0 Å². The van der Waals surface area contributed by atoms with E-state index in [-0.39, 0.29) is 19.4 Å². The number of nitrogens with zero attached hydrogens (tertiary/aromatic N) is 1. The van der Waals surface area contributed by atoms with Crippen LogP contribution in [-0.2, 0) is 9.59 Å². The summed E-state index contributed by atoms with van der Waals surface area (Å²) in [4.78, 5) is 21.3. The van der Waals surface area contributed by atoms with Gasteiger partial charge in [0.25, 0.3) is 0 Å². The summed E-state index contributed by atoms with van der Waals surface area (Å²) in [5, 5.41) is 16.8. The van der Waals surface area contributed by atoms with Gasteiger partial charge in [-0.3, -0.25) is 9.59 Å². The number of alkyl halides is 3. The maximum Gasteiger partial charge on any atom is 0.471 e. The van der Waals surface area contributed by atoms with E-state index >= 15 is 0 Å². The van der Waals surface area contributed by atoms with Crippen molar-refractivity contribution in [3.05, 3.63) is 0 Å². The van der Waals surface area contributed by atoms with Crippen LogP contribution < -0.4 is 0 Å². The molecule has 0 spiro atoms. The lowest BCUT2D eigenvalue weighted by atomic mass is 10.3. The van der Waals surface area contributed by atoms with Gasteiger partial charge >= 0.3 is 18.1 Å².